The summed E-state index contributed by atoms with van der Waals surface area (Å²) in [5.74, 6) is 1.44. The molecule has 3 aromatic carbocycles. The van der Waals surface area contributed by atoms with E-state index in [0.717, 1.165) is 39.0 Å². The third kappa shape index (κ3) is 5.37. The predicted molar refractivity (Wildman–Crippen MR) is 179 cm³/mol. The Morgan fingerprint density at radius 1 is 0.886 bits per heavy atom. The molecule has 1 fully saturated rings. The number of fused-ring (bicyclic) bond motifs is 1. The van der Waals surface area contributed by atoms with Gasteiger partial charge < -0.3 is 29.7 Å². The van der Waals surface area contributed by atoms with Crippen molar-refractivity contribution in [3.63, 3.8) is 0 Å². The molecule has 1 amide bonds. The van der Waals surface area contributed by atoms with Crippen LogP contribution in [0.15, 0.2) is 66.7 Å². The number of nitrogens with two attached hydrogens (primary N) is 1. The maximum absolute atomic E-state index is 14.0. The first-order valence-corrected chi connectivity index (χ1v) is 15.4. The Balaban J connectivity index is 1.41. The van der Waals surface area contributed by atoms with Crippen LogP contribution < -0.4 is 24.8 Å². The molecule has 0 atom stereocenters. The van der Waals surface area contributed by atoms with E-state index in [-0.39, 0.29) is 5.91 Å². The van der Waals surface area contributed by atoms with Crippen LogP contribution in [0.25, 0.3) is 32.6 Å². The lowest BCUT2D eigenvalue weighted by Gasteiger charge is -2.36. The number of amides is 1. The Kier molecular flexibility index (Phi) is 8.25. The van der Waals surface area contributed by atoms with Gasteiger partial charge in [-0.15, -0.1) is 11.3 Å². The van der Waals surface area contributed by atoms with E-state index >= 15 is 0 Å². The van der Waals surface area contributed by atoms with Crippen LogP contribution in [-0.4, -0.2) is 63.3 Å². The van der Waals surface area contributed by atoms with Crippen molar-refractivity contribution in [2.45, 2.75) is 6.92 Å². The summed E-state index contributed by atoms with van der Waals surface area (Å²) in [7, 11) is 4.74. The lowest BCUT2D eigenvalue weighted by molar-refractivity contribution is 0.0752. The van der Waals surface area contributed by atoms with Gasteiger partial charge in [-0.1, -0.05) is 48.0 Å². The van der Waals surface area contributed by atoms with Crippen LogP contribution in [0.5, 0.6) is 17.2 Å². The number of halogens is 1. The van der Waals surface area contributed by atoms with E-state index in [2.05, 4.69) is 11.8 Å². The number of piperazine rings is 1. The van der Waals surface area contributed by atoms with E-state index in [1.165, 1.54) is 11.3 Å². The third-order valence-electron chi connectivity index (χ3n) is 8.02. The first-order chi connectivity index (χ1) is 21.3. The molecule has 6 rings (SSSR count). The van der Waals surface area contributed by atoms with Crippen molar-refractivity contribution in [3.8, 4) is 39.6 Å². The van der Waals surface area contributed by atoms with Crippen LogP contribution in [-0.2, 0) is 0 Å². The van der Waals surface area contributed by atoms with Crippen molar-refractivity contribution in [3.05, 3.63) is 82.2 Å². The van der Waals surface area contributed by atoms with Crippen molar-refractivity contribution in [2.24, 2.45) is 0 Å². The van der Waals surface area contributed by atoms with Gasteiger partial charge in [0, 0.05) is 47.8 Å². The van der Waals surface area contributed by atoms with Crippen LogP contribution >= 0.6 is 22.9 Å². The number of nitrogen functional groups attached to an aromatic ring is 1. The van der Waals surface area contributed by atoms with Crippen molar-refractivity contribution in [2.75, 3.05) is 58.1 Å². The summed E-state index contributed by atoms with van der Waals surface area (Å²) >= 11 is 7.60. The van der Waals surface area contributed by atoms with Crippen LogP contribution in [0.4, 0.5) is 11.4 Å². The SMILES string of the molecule is COc1cc(-c2cc(-c3ccccc3)nc3sc(C(=O)N4CCN(c5cc(Cl)ccc5C)CC4)c(N)c23)cc(OC)c1OC. The van der Waals surface area contributed by atoms with E-state index in [1.807, 2.05) is 71.6 Å². The second-order valence-electron chi connectivity index (χ2n) is 10.6. The summed E-state index contributed by atoms with van der Waals surface area (Å²) in [4.78, 5) is 24.3. The number of rotatable bonds is 7. The maximum Gasteiger partial charge on any atom is 0.266 e. The molecular formula is C34H33ClN4O4S. The molecule has 0 bridgehead atoms. The van der Waals surface area contributed by atoms with Crippen LogP contribution in [0, 0.1) is 6.92 Å². The molecule has 8 nitrogen and oxygen atoms in total. The molecule has 10 heteroatoms. The third-order valence-corrected chi connectivity index (χ3v) is 9.34. The molecular weight excluding hydrogens is 596 g/mol. The van der Waals surface area contributed by atoms with Crippen LogP contribution in [0.3, 0.4) is 0 Å². The van der Waals surface area contributed by atoms with Gasteiger partial charge in [0.1, 0.15) is 9.71 Å². The Hall–Kier alpha value is -4.47. The topological polar surface area (TPSA) is 90.2 Å². The van der Waals surface area contributed by atoms with Crippen LogP contribution in [0.2, 0.25) is 5.02 Å². The Bertz CT molecular complexity index is 1830. The number of methoxy groups -OCH3 is 3. The number of carbonyl (C=O) groups is 1. The molecule has 44 heavy (non-hydrogen) atoms. The number of aryl methyl sites for hydroxylation is 1. The lowest BCUT2D eigenvalue weighted by Crippen LogP contribution is -2.49. The quantitative estimate of drug-likeness (QED) is 0.204. The van der Waals surface area contributed by atoms with Crippen molar-refractivity contribution in [1.82, 2.24) is 9.88 Å². The molecule has 1 aliphatic heterocycles. The number of carbonyl (C=O) groups excluding carboxylic acids is 1. The molecule has 0 aliphatic carbocycles. The van der Waals surface area contributed by atoms with Gasteiger partial charge in [-0.2, -0.15) is 0 Å². The molecule has 226 valence electrons. The van der Waals surface area contributed by atoms with Gasteiger partial charge in [-0.3, -0.25) is 4.79 Å². The van der Waals surface area contributed by atoms with Gasteiger partial charge in [0.05, 0.1) is 32.7 Å². The zero-order chi connectivity index (χ0) is 31.0. The average Bonchev–Trinajstić information content (AvgIpc) is 3.40. The minimum absolute atomic E-state index is 0.0925. The number of thiophene rings is 1. The highest BCUT2D eigenvalue weighted by Gasteiger charge is 2.29. The van der Waals surface area contributed by atoms with Gasteiger partial charge in [0.25, 0.3) is 5.91 Å². The Labute approximate surface area is 265 Å². The summed E-state index contributed by atoms with van der Waals surface area (Å²) in [6.45, 7) is 4.61. The fourth-order valence-electron chi connectivity index (χ4n) is 5.72. The Morgan fingerprint density at radius 3 is 2.20 bits per heavy atom. The van der Waals surface area contributed by atoms with E-state index in [0.29, 0.717) is 63.8 Å². The molecule has 1 aliphatic rings. The van der Waals surface area contributed by atoms with E-state index in [9.17, 15) is 4.79 Å². The zero-order valence-corrected chi connectivity index (χ0v) is 26.6. The molecule has 2 aromatic heterocycles. The molecule has 0 spiro atoms. The summed E-state index contributed by atoms with van der Waals surface area (Å²) in [6, 6.07) is 21.6. The van der Waals surface area contributed by atoms with Gasteiger partial charge in [-0.05, 0) is 53.9 Å². The normalized spacial score (nSPS) is 13.3. The first-order valence-electron chi connectivity index (χ1n) is 14.2. The number of benzene rings is 3. The molecule has 0 saturated carbocycles. The van der Waals surface area contributed by atoms with Crippen molar-refractivity contribution < 1.29 is 19.0 Å². The molecule has 1 saturated heterocycles. The number of nitrogens with zero attached hydrogens (tertiary/aromatic N) is 3. The maximum atomic E-state index is 14.0. The number of hydrogen-bond acceptors (Lipinski definition) is 8. The monoisotopic (exact) mass is 628 g/mol. The molecule has 0 unspecified atom stereocenters. The van der Waals surface area contributed by atoms with Crippen molar-refractivity contribution >= 4 is 50.4 Å². The fraction of sp³-hybridized carbons (Fsp3) is 0.235. The van der Waals surface area contributed by atoms with E-state index in [1.54, 1.807) is 21.3 Å². The van der Waals surface area contributed by atoms with E-state index < -0.39 is 0 Å². The fourth-order valence-corrected chi connectivity index (χ4v) is 6.97. The number of pyridine rings is 1. The average molecular weight is 629 g/mol. The largest absolute Gasteiger partial charge is 0.493 e. The summed E-state index contributed by atoms with van der Waals surface area (Å²) in [6.07, 6.45) is 0. The van der Waals surface area contributed by atoms with Gasteiger partial charge in [0.2, 0.25) is 5.75 Å². The highest BCUT2D eigenvalue weighted by atomic mass is 35.5. The van der Waals surface area contributed by atoms with Crippen LogP contribution in [0.1, 0.15) is 15.2 Å². The second-order valence-corrected chi connectivity index (χ2v) is 12.0. The summed E-state index contributed by atoms with van der Waals surface area (Å²) in [5.41, 5.74) is 12.9. The Morgan fingerprint density at radius 2 is 1.57 bits per heavy atom. The zero-order valence-electron chi connectivity index (χ0n) is 25.0. The minimum Gasteiger partial charge on any atom is -0.493 e. The minimum atomic E-state index is -0.0925. The van der Waals surface area contributed by atoms with Gasteiger partial charge >= 0.3 is 0 Å². The molecule has 0 radical (unpaired) electrons. The highest BCUT2D eigenvalue weighted by Crippen LogP contribution is 2.46. The first kappa shape index (κ1) is 29.6. The number of hydrogen-bond donors (Lipinski definition) is 1. The number of anilines is 2. The summed E-state index contributed by atoms with van der Waals surface area (Å²) in [5, 5.41) is 1.42. The number of ether oxygens (including phenoxy) is 3. The second kappa shape index (κ2) is 12.3. The number of aromatic nitrogens is 1. The molecule has 2 N–H and O–H groups in total. The highest BCUT2D eigenvalue weighted by molar-refractivity contribution is 7.21. The standard InChI is InChI=1S/C34H33ClN4O4S/c1-20-10-11-23(35)18-26(20)38-12-14-39(15-13-38)34(40)32-30(36)29-24(22-16-27(41-2)31(43-4)28(17-22)42-3)19-25(37-33(29)44-32)21-8-6-5-7-9-21/h5-11,16-19H,12-15,36H2,1-4H3. The van der Waals surface area contributed by atoms with Gasteiger partial charge in [-0.25, -0.2) is 4.98 Å². The van der Waals surface area contributed by atoms with Crippen molar-refractivity contribution in [1.29, 1.82) is 0 Å². The molecule has 3 heterocycles. The summed E-state index contributed by atoms with van der Waals surface area (Å²) < 4.78 is 16.9. The lowest BCUT2D eigenvalue weighted by atomic mass is 9.98. The smallest absolute Gasteiger partial charge is 0.266 e. The predicted octanol–water partition coefficient (Wildman–Crippen LogP) is 7.16. The molecule has 5 aromatic rings. The van der Waals surface area contributed by atoms with E-state index in [4.69, 9.17) is 36.5 Å². The van der Waals surface area contributed by atoms with Gasteiger partial charge in [0.15, 0.2) is 11.5 Å².